The van der Waals surface area contributed by atoms with E-state index in [-0.39, 0.29) is 25.2 Å². The maximum absolute atomic E-state index is 14.1. The molecule has 16 nitrogen and oxygen atoms in total. The van der Waals surface area contributed by atoms with Crippen LogP contribution in [0.5, 0.6) is 5.75 Å². The second kappa shape index (κ2) is 16.2. The molecule has 3 aliphatic heterocycles. The Labute approximate surface area is 288 Å². The summed E-state index contributed by atoms with van der Waals surface area (Å²) < 4.78 is 5.42. The second-order valence-electron chi connectivity index (χ2n) is 12.5. The zero-order valence-corrected chi connectivity index (χ0v) is 27.6. The van der Waals surface area contributed by atoms with E-state index in [9.17, 15) is 38.7 Å². The van der Waals surface area contributed by atoms with Gasteiger partial charge in [-0.05, 0) is 56.7 Å². The number of nitrogens with zero attached hydrogens (tertiary/aromatic N) is 3. The van der Waals surface area contributed by atoms with Gasteiger partial charge in [-0.1, -0.05) is 30.3 Å². The molecule has 6 amide bonds. The van der Waals surface area contributed by atoms with Crippen molar-refractivity contribution in [2.75, 3.05) is 26.2 Å². The van der Waals surface area contributed by atoms with E-state index in [1.807, 2.05) is 30.3 Å². The van der Waals surface area contributed by atoms with E-state index in [1.54, 1.807) is 0 Å². The first-order valence-electron chi connectivity index (χ1n) is 16.7. The van der Waals surface area contributed by atoms with Crippen molar-refractivity contribution >= 4 is 41.4 Å². The smallest absolute Gasteiger partial charge is 0.325 e. The van der Waals surface area contributed by atoms with Crippen LogP contribution < -0.4 is 21.3 Å². The molecule has 0 spiro atoms. The van der Waals surface area contributed by atoms with Gasteiger partial charge in [0.2, 0.25) is 29.5 Å². The van der Waals surface area contributed by atoms with Crippen molar-refractivity contribution in [2.45, 2.75) is 75.7 Å². The van der Waals surface area contributed by atoms with Gasteiger partial charge in [-0.15, -0.1) is 0 Å². The molecular weight excluding hydrogens is 650 g/mol. The molecule has 5 atom stereocenters. The molecule has 1 aromatic heterocycles. The average molecular weight is 692 g/mol. The molecule has 0 bridgehead atoms. The number of carbonyl (C=O) groups is 7. The van der Waals surface area contributed by atoms with Gasteiger partial charge in [0.25, 0.3) is 5.91 Å². The first-order valence-corrected chi connectivity index (χ1v) is 16.7. The van der Waals surface area contributed by atoms with Crippen LogP contribution in [0, 0.1) is 0 Å². The zero-order chi connectivity index (χ0) is 35.8. The van der Waals surface area contributed by atoms with E-state index in [0.717, 1.165) is 5.56 Å². The fourth-order valence-electron chi connectivity index (χ4n) is 6.47. The number of cyclic esters (lactones) is 1. The van der Waals surface area contributed by atoms with Crippen molar-refractivity contribution in [3.8, 4) is 5.75 Å². The lowest BCUT2D eigenvalue weighted by Gasteiger charge is -2.37. The Morgan fingerprint density at radius 1 is 0.880 bits per heavy atom. The Morgan fingerprint density at radius 3 is 2.34 bits per heavy atom. The van der Waals surface area contributed by atoms with Gasteiger partial charge in [0.15, 0.2) is 5.69 Å². The fourth-order valence-corrected chi connectivity index (χ4v) is 6.47. The van der Waals surface area contributed by atoms with Gasteiger partial charge in [0, 0.05) is 25.7 Å². The first kappa shape index (κ1) is 35.8. The Bertz CT molecular complexity index is 1620. The van der Waals surface area contributed by atoms with Gasteiger partial charge >= 0.3 is 5.97 Å². The highest BCUT2D eigenvalue weighted by molar-refractivity contribution is 5.99. The molecule has 0 saturated carbocycles. The number of ether oxygens (including phenoxy) is 1. The molecule has 266 valence electrons. The number of carbonyl (C=O) groups excluding carboxylic acids is 7. The SMILES string of the molecule is C[C@H]1OC(=O)CNC(=O)[C@@H]2CCCCN2C(=O)[C@H](Cc2ccccc2)NC(=O)[C@@H]2CCCN2C(=O)CNC(=O)[C@H]1NC(=O)c1ncccc1O. The molecule has 2 aromatic rings. The minimum Gasteiger partial charge on any atom is -0.505 e. The van der Waals surface area contributed by atoms with Crippen molar-refractivity contribution in [1.29, 1.82) is 0 Å². The van der Waals surface area contributed by atoms with E-state index in [4.69, 9.17) is 4.74 Å². The topological polar surface area (TPSA) is 216 Å². The molecule has 3 fully saturated rings. The summed E-state index contributed by atoms with van der Waals surface area (Å²) in [5.74, 6) is -5.41. The van der Waals surface area contributed by atoms with Crippen molar-refractivity contribution in [3.05, 3.63) is 59.9 Å². The van der Waals surface area contributed by atoms with E-state index in [0.29, 0.717) is 32.1 Å². The summed E-state index contributed by atoms with van der Waals surface area (Å²) in [5.41, 5.74) is 0.391. The summed E-state index contributed by atoms with van der Waals surface area (Å²) in [4.78, 5) is 101. The van der Waals surface area contributed by atoms with Crippen LogP contribution in [0.15, 0.2) is 48.7 Å². The van der Waals surface area contributed by atoms with E-state index in [2.05, 4.69) is 26.3 Å². The number of nitrogens with one attached hydrogen (secondary N) is 4. The van der Waals surface area contributed by atoms with Crippen LogP contribution in [0.2, 0.25) is 0 Å². The number of pyridine rings is 1. The molecule has 1 aromatic carbocycles. The zero-order valence-electron chi connectivity index (χ0n) is 27.6. The summed E-state index contributed by atoms with van der Waals surface area (Å²) in [6.07, 6.45) is 2.53. The Balaban J connectivity index is 1.43. The molecule has 4 heterocycles. The van der Waals surface area contributed by atoms with E-state index >= 15 is 0 Å². The summed E-state index contributed by atoms with van der Waals surface area (Å²) in [7, 11) is 0. The predicted molar refractivity (Wildman–Crippen MR) is 175 cm³/mol. The number of rotatable bonds is 4. The van der Waals surface area contributed by atoms with E-state index in [1.165, 1.54) is 35.1 Å². The molecule has 0 radical (unpaired) electrons. The highest BCUT2D eigenvalue weighted by Gasteiger charge is 2.40. The monoisotopic (exact) mass is 691 g/mol. The fraction of sp³-hybridized carbons (Fsp3) is 0.471. The molecule has 5 N–H and O–H groups in total. The van der Waals surface area contributed by atoms with Gasteiger partial charge in [0.05, 0.1) is 6.54 Å². The number of piperidine rings is 1. The lowest BCUT2D eigenvalue weighted by Crippen LogP contribution is -2.60. The second-order valence-corrected chi connectivity index (χ2v) is 12.5. The first-order chi connectivity index (χ1) is 24.0. The maximum Gasteiger partial charge on any atom is 0.325 e. The van der Waals surface area contributed by atoms with Crippen molar-refractivity contribution in [2.24, 2.45) is 0 Å². The molecule has 16 heteroatoms. The number of aromatic nitrogens is 1. The van der Waals surface area contributed by atoms with Gasteiger partial charge in [-0.25, -0.2) is 4.98 Å². The molecule has 0 aliphatic carbocycles. The quantitative estimate of drug-likeness (QED) is 0.251. The maximum atomic E-state index is 14.1. The Morgan fingerprint density at radius 2 is 1.58 bits per heavy atom. The summed E-state index contributed by atoms with van der Waals surface area (Å²) >= 11 is 0. The number of amides is 6. The molecular formula is C34H41N7O9. The number of hydrogen-bond acceptors (Lipinski definition) is 10. The summed E-state index contributed by atoms with van der Waals surface area (Å²) in [6, 6.07) is 7.28. The number of fused-ring (bicyclic) bond motifs is 2. The van der Waals surface area contributed by atoms with Gasteiger partial charge in [0.1, 0.15) is 42.6 Å². The van der Waals surface area contributed by atoms with Gasteiger partial charge < -0.3 is 40.9 Å². The minimum absolute atomic E-state index is 0.139. The molecule has 0 unspecified atom stereocenters. The molecule has 3 aliphatic rings. The average Bonchev–Trinajstić information content (AvgIpc) is 3.62. The van der Waals surface area contributed by atoms with Crippen LogP contribution in [-0.4, -0.2) is 118 Å². The standard InChI is InChI=1S/C34H41N7O9/c1-20-28(39-33(48)29-25(42)13-7-14-35-29)32(47)36-18-26(43)40-16-8-12-24(40)31(46)38-22(17-21-9-3-2-4-10-21)34(49)41-15-6-5-11-23(41)30(45)37-19-27(44)50-20/h2-4,7,9-10,13-14,20,22-24,28,42H,5-6,8,11-12,15-19H2,1H3,(H,36,47)(H,37,45)(H,38,46)(H,39,48)/t20-,22+,23+,24+,28+/m1/s1. The lowest BCUT2D eigenvalue weighted by atomic mass is 9.97. The number of esters is 1. The summed E-state index contributed by atoms with van der Waals surface area (Å²) in [6.45, 7) is 0.662. The third kappa shape index (κ3) is 8.54. The largest absolute Gasteiger partial charge is 0.505 e. The minimum atomic E-state index is -1.55. The van der Waals surface area contributed by atoms with Gasteiger partial charge in [-0.3, -0.25) is 33.6 Å². The number of benzene rings is 1. The third-order valence-corrected chi connectivity index (χ3v) is 9.04. The van der Waals surface area contributed by atoms with Crippen molar-refractivity contribution in [3.63, 3.8) is 0 Å². The van der Waals surface area contributed by atoms with E-state index < -0.39 is 90.5 Å². The molecule has 5 rings (SSSR count). The molecule has 3 saturated heterocycles. The van der Waals surface area contributed by atoms with Crippen LogP contribution in [0.25, 0.3) is 0 Å². The Kier molecular flexibility index (Phi) is 11.6. The highest BCUT2D eigenvalue weighted by atomic mass is 16.5. The van der Waals surface area contributed by atoms with Gasteiger partial charge in [-0.2, -0.15) is 0 Å². The van der Waals surface area contributed by atoms with Crippen LogP contribution in [0.4, 0.5) is 0 Å². The predicted octanol–water partition coefficient (Wildman–Crippen LogP) is -0.837. The lowest BCUT2D eigenvalue weighted by molar-refractivity contribution is -0.152. The van der Waals surface area contributed by atoms with Crippen LogP contribution >= 0.6 is 0 Å². The van der Waals surface area contributed by atoms with Crippen LogP contribution in [0.1, 0.15) is 55.1 Å². The van der Waals surface area contributed by atoms with Crippen molar-refractivity contribution < 1.29 is 43.4 Å². The number of hydrogen-bond donors (Lipinski definition) is 5. The summed E-state index contributed by atoms with van der Waals surface area (Å²) in [5, 5.41) is 20.3. The number of aromatic hydroxyl groups is 1. The third-order valence-electron chi connectivity index (χ3n) is 9.04. The normalized spacial score (nSPS) is 25.8. The van der Waals surface area contributed by atoms with Crippen molar-refractivity contribution in [1.82, 2.24) is 36.1 Å². The molecule has 50 heavy (non-hydrogen) atoms. The van der Waals surface area contributed by atoms with Crippen LogP contribution in [0.3, 0.4) is 0 Å². The van der Waals surface area contributed by atoms with Crippen LogP contribution in [-0.2, 0) is 39.9 Å². The highest BCUT2D eigenvalue weighted by Crippen LogP contribution is 2.22. The Hall–Kier alpha value is -5.54.